The van der Waals surface area contributed by atoms with Crippen molar-refractivity contribution in [1.82, 2.24) is 15.3 Å². The zero-order valence-corrected chi connectivity index (χ0v) is 15.5. The van der Waals surface area contributed by atoms with Gasteiger partial charge in [0.2, 0.25) is 0 Å². The monoisotopic (exact) mass is 342 g/mol. The highest BCUT2D eigenvalue weighted by Gasteiger charge is 2.33. The van der Waals surface area contributed by atoms with E-state index in [0.717, 1.165) is 35.4 Å². The Morgan fingerprint density at radius 2 is 2.08 bits per heavy atom. The second kappa shape index (κ2) is 6.50. The molecule has 2 aromatic heterocycles. The average molecular weight is 342 g/mol. The highest BCUT2D eigenvalue weighted by molar-refractivity contribution is 5.92. The molecule has 6 nitrogen and oxygen atoms in total. The van der Waals surface area contributed by atoms with Crippen molar-refractivity contribution >= 4 is 22.7 Å². The number of rotatable bonds is 2. The molecule has 0 bridgehead atoms. The van der Waals surface area contributed by atoms with E-state index in [1.807, 2.05) is 40.0 Å². The van der Waals surface area contributed by atoms with Crippen LogP contribution in [0.5, 0.6) is 0 Å². The van der Waals surface area contributed by atoms with Crippen molar-refractivity contribution in [1.29, 1.82) is 0 Å². The van der Waals surface area contributed by atoms with Gasteiger partial charge in [-0.25, -0.2) is 4.79 Å². The summed E-state index contributed by atoms with van der Waals surface area (Å²) < 4.78 is 5.38. The topological polar surface area (TPSA) is 67.4 Å². The first-order valence-corrected chi connectivity index (χ1v) is 8.69. The zero-order chi connectivity index (χ0) is 18.2. The average Bonchev–Trinajstić information content (AvgIpc) is 2.86. The minimum Gasteiger partial charge on any atom is -0.444 e. The van der Waals surface area contributed by atoms with Gasteiger partial charge in [0.1, 0.15) is 5.60 Å². The van der Waals surface area contributed by atoms with Crippen LogP contribution in [0.1, 0.15) is 33.4 Å². The first kappa shape index (κ1) is 17.5. The third-order valence-corrected chi connectivity index (χ3v) is 4.46. The number of anilines is 1. The van der Waals surface area contributed by atoms with E-state index < -0.39 is 5.60 Å². The van der Waals surface area contributed by atoms with Crippen molar-refractivity contribution in [3.8, 4) is 0 Å². The van der Waals surface area contributed by atoms with E-state index >= 15 is 0 Å². The molecule has 0 spiro atoms. The zero-order valence-electron chi connectivity index (χ0n) is 15.5. The summed E-state index contributed by atoms with van der Waals surface area (Å²) in [4.78, 5) is 23.3. The summed E-state index contributed by atoms with van der Waals surface area (Å²) in [5.41, 5.74) is 2.43. The molecule has 2 atom stereocenters. The van der Waals surface area contributed by atoms with Crippen molar-refractivity contribution in [2.45, 2.75) is 46.3 Å². The Morgan fingerprint density at radius 1 is 1.32 bits per heavy atom. The van der Waals surface area contributed by atoms with Gasteiger partial charge >= 0.3 is 6.09 Å². The number of amides is 1. The predicted molar refractivity (Wildman–Crippen MR) is 98.8 cm³/mol. The van der Waals surface area contributed by atoms with Gasteiger partial charge in [0.15, 0.2) is 0 Å². The summed E-state index contributed by atoms with van der Waals surface area (Å²) in [5.74, 6) is 0.320. The predicted octanol–water partition coefficient (Wildman–Crippen LogP) is 3.29. The maximum atomic E-state index is 12.1. The molecule has 1 saturated heterocycles. The third-order valence-electron chi connectivity index (χ3n) is 4.46. The lowest BCUT2D eigenvalue weighted by Gasteiger charge is -2.23. The number of hydrogen-bond acceptors (Lipinski definition) is 5. The number of aromatic nitrogens is 2. The quantitative estimate of drug-likeness (QED) is 0.907. The Bertz CT molecular complexity index is 785. The summed E-state index contributed by atoms with van der Waals surface area (Å²) in [6.07, 6.45) is 3.34. The molecule has 6 heteroatoms. The molecular weight excluding hydrogens is 316 g/mol. The lowest BCUT2D eigenvalue weighted by Crippen LogP contribution is -2.42. The van der Waals surface area contributed by atoms with E-state index in [1.165, 1.54) is 0 Å². The molecular formula is C19H26N4O2. The van der Waals surface area contributed by atoms with Crippen LogP contribution in [0.2, 0.25) is 0 Å². The van der Waals surface area contributed by atoms with Crippen LogP contribution in [0, 0.1) is 12.8 Å². The fourth-order valence-corrected chi connectivity index (χ4v) is 3.25. The number of carbonyl (C=O) groups is 1. The fourth-order valence-electron chi connectivity index (χ4n) is 3.25. The highest BCUT2D eigenvalue weighted by Crippen LogP contribution is 2.30. The van der Waals surface area contributed by atoms with E-state index in [1.54, 1.807) is 6.20 Å². The number of carbonyl (C=O) groups excluding carboxylic acids is 1. The molecule has 1 aliphatic rings. The highest BCUT2D eigenvalue weighted by atomic mass is 16.6. The number of ether oxygens (including phenoxy) is 1. The van der Waals surface area contributed by atoms with Gasteiger partial charge in [-0.3, -0.25) is 9.97 Å². The Hall–Kier alpha value is -2.37. The van der Waals surface area contributed by atoms with E-state index in [-0.39, 0.29) is 12.1 Å². The van der Waals surface area contributed by atoms with E-state index in [2.05, 4.69) is 33.2 Å². The lowest BCUT2D eigenvalue weighted by atomic mass is 10.1. The number of alkyl carbamates (subject to hydrolysis) is 1. The van der Waals surface area contributed by atoms with Gasteiger partial charge in [-0.1, -0.05) is 6.92 Å². The molecule has 3 rings (SSSR count). The van der Waals surface area contributed by atoms with Gasteiger partial charge < -0.3 is 15.0 Å². The Labute approximate surface area is 148 Å². The van der Waals surface area contributed by atoms with Crippen LogP contribution in [0.25, 0.3) is 10.9 Å². The van der Waals surface area contributed by atoms with Gasteiger partial charge in [0, 0.05) is 24.7 Å². The van der Waals surface area contributed by atoms with Crippen molar-refractivity contribution in [3.05, 3.63) is 30.2 Å². The molecule has 3 heterocycles. The Balaban J connectivity index is 1.78. The molecule has 0 aromatic carbocycles. The molecule has 1 N–H and O–H groups in total. The number of nitrogens with one attached hydrogen (secondary N) is 1. The second-order valence-electron chi connectivity index (χ2n) is 7.76. The largest absolute Gasteiger partial charge is 0.444 e. The number of hydrogen-bond donors (Lipinski definition) is 1. The van der Waals surface area contributed by atoms with Crippen molar-refractivity contribution in [2.24, 2.45) is 5.92 Å². The van der Waals surface area contributed by atoms with Gasteiger partial charge in [-0.05, 0) is 45.7 Å². The standard InChI is InChI=1S/C19H26N4O2/c1-12-10-23(11-15(12)22-18(24)25-19(3,4)5)16-9-21-13(2)17-14(16)7-6-8-20-17/h6-9,12,15H,10-11H2,1-5H3,(H,22,24)/t12-,15+/m1/s1. The third kappa shape index (κ3) is 3.83. The van der Waals surface area contributed by atoms with Gasteiger partial charge in [0.05, 0.1) is 29.1 Å². The van der Waals surface area contributed by atoms with Crippen LogP contribution in [0.4, 0.5) is 10.5 Å². The maximum Gasteiger partial charge on any atom is 0.407 e. The van der Waals surface area contributed by atoms with Gasteiger partial charge in [-0.2, -0.15) is 0 Å². The van der Waals surface area contributed by atoms with E-state index in [4.69, 9.17) is 4.74 Å². The van der Waals surface area contributed by atoms with Crippen LogP contribution < -0.4 is 10.2 Å². The van der Waals surface area contributed by atoms with E-state index in [9.17, 15) is 4.79 Å². The molecule has 0 saturated carbocycles. The summed E-state index contributed by atoms with van der Waals surface area (Å²) in [6, 6.07) is 4.07. The SMILES string of the molecule is Cc1ncc(N2C[C@@H](C)[C@@H](NC(=O)OC(C)(C)C)C2)c2cccnc12. The first-order chi connectivity index (χ1) is 11.7. The number of fused-ring (bicyclic) bond motifs is 1. The molecule has 25 heavy (non-hydrogen) atoms. The summed E-state index contributed by atoms with van der Waals surface area (Å²) in [5, 5.41) is 4.10. The molecule has 1 fully saturated rings. The molecule has 0 aliphatic carbocycles. The fraction of sp³-hybridized carbons (Fsp3) is 0.526. The van der Waals surface area contributed by atoms with Crippen molar-refractivity contribution < 1.29 is 9.53 Å². The van der Waals surface area contributed by atoms with Crippen molar-refractivity contribution in [3.63, 3.8) is 0 Å². The first-order valence-electron chi connectivity index (χ1n) is 8.69. The summed E-state index contributed by atoms with van der Waals surface area (Å²) in [6.45, 7) is 11.3. The maximum absolute atomic E-state index is 12.1. The van der Waals surface area contributed by atoms with Crippen LogP contribution in [0.15, 0.2) is 24.5 Å². The Morgan fingerprint density at radius 3 is 2.80 bits per heavy atom. The second-order valence-corrected chi connectivity index (χ2v) is 7.76. The smallest absolute Gasteiger partial charge is 0.407 e. The molecule has 1 aliphatic heterocycles. The van der Waals surface area contributed by atoms with Crippen LogP contribution in [0.3, 0.4) is 0 Å². The van der Waals surface area contributed by atoms with Gasteiger partial charge in [0.25, 0.3) is 0 Å². The van der Waals surface area contributed by atoms with Crippen LogP contribution in [-0.2, 0) is 4.74 Å². The van der Waals surface area contributed by atoms with Crippen molar-refractivity contribution in [2.75, 3.05) is 18.0 Å². The summed E-state index contributed by atoms with van der Waals surface area (Å²) in [7, 11) is 0. The lowest BCUT2D eigenvalue weighted by molar-refractivity contribution is 0.0499. The van der Waals surface area contributed by atoms with Gasteiger partial charge in [-0.15, -0.1) is 0 Å². The molecule has 2 aromatic rings. The number of nitrogens with zero attached hydrogens (tertiary/aromatic N) is 3. The molecule has 134 valence electrons. The normalized spacial score (nSPS) is 20.8. The molecule has 1 amide bonds. The minimum atomic E-state index is -0.492. The summed E-state index contributed by atoms with van der Waals surface area (Å²) >= 11 is 0. The van der Waals surface area contributed by atoms with E-state index in [0.29, 0.717) is 5.92 Å². The molecule has 0 radical (unpaired) electrons. The van der Waals surface area contributed by atoms with Crippen LogP contribution in [-0.4, -0.2) is 40.8 Å². The number of aryl methyl sites for hydroxylation is 1. The molecule has 0 unspecified atom stereocenters. The Kier molecular flexibility index (Phi) is 4.54. The minimum absolute atomic E-state index is 0.0443. The van der Waals surface area contributed by atoms with Crippen LogP contribution >= 0.6 is 0 Å². The number of pyridine rings is 2.